The molecule has 1 atom stereocenters. The highest BCUT2D eigenvalue weighted by Crippen LogP contribution is 2.18. The Morgan fingerprint density at radius 2 is 2.05 bits per heavy atom. The molecule has 2 aromatic rings. The van der Waals surface area contributed by atoms with Gasteiger partial charge in [-0.2, -0.15) is 0 Å². The number of nitrogens with two attached hydrogens (primary N) is 1. The van der Waals surface area contributed by atoms with E-state index in [0.29, 0.717) is 13.0 Å². The predicted octanol–water partition coefficient (Wildman–Crippen LogP) is 3.09. The van der Waals surface area contributed by atoms with E-state index in [1.165, 1.54) is 4.88 Å². The van der Waals surface area contributed by atoms with Crippen molar-refractivity contribution in [2.75, 3.05) is 0 Å². The lowest BCUT2D eigenvalue weighted by atomic mass is 9.92. The number of hydrogen-bond donors (Lipinski definition) is 2. The average molecular weight is 353 g/mol. The molecule has 0 aliphatic heterocycles. The van der Waals surface area contributed by atoms with Crippen molar-refractivity contribution in [3.63, 3.8) is 0 Å². The van der Waals surface area contributed by atoms with Crippen LogP contribution in [0.2, 0.25) is 0 Å². The van der Waals surface area contributed by atoms with Gasteiger partial charge in [-0.1, -0.05) is 34.1 Å². The van der Waals surface area contributed by atoms with Crippen molar-refractivity contribution in [3.05, 3.63) is 56.7 Å². The first kappa shape index (κ1) is 15.2. The van der Waals surface area contributed by atoms with Crippen LogP contribution in [-0.2, 0) is 17.8 Å². The molecule has 3 N–H and O–H groups in total. The molecule has 0 fully saturated rings. The molecule has 0 saturated heterocycles. The topological polar surface area (TPSA) is 55.1 Å². The Labute approximate surface area is 131 Å². The van der Waals surface area contributed by atoms with Crippen LogP contribution in [0.3, 0.4) is 0 Å². The first-order chi connectivity index (χ1) is 9.49. The summed E-state index contributed by atoms with van der Waals surface area (Å²) in [6, 6.07) is 12.0. The lowest BCUT2D eigenvalue weighted by Crippen LogP contribution is -2.54. The van der Waals surface area contributed by atoms with Crippen LogP contribution in [0.4, 0.5) is 0 Å². The normalized spacial score (nSPS) is 13.9. The molecule has 2 rings (SSSR count). The molecule has 106 valence electrons. The van der Waals surface area contributed by atoms with Crippen molar-refractivity contribution in [1.82, 2.24) is 5.32 Å². The van der Waals surface area contributed by atoms with Crippen LogP contribution in [-0.4, -0.2) is 11.4 Å². The summed E-state index contributed by atoms with van der Waals surface area (Å²) in [6.07, 6.45) is 0.570. The van der Waals surface area contributed by atoms with Gasteiger partial charge in [0.25, 0.3) is 0 Å². The second-order valence-corrected chi connectivity index (χ2v) is 6.88. The van der Waals surface area contributed by atoms with Gasteiger partial charge in [-0.3, -0.25) is 10.1 Å². The molecule has 1 amide bonds. The maximum Gasteiger partial charge on any atom is 0.237 e. The molecule has 0 aliphatic carbocycles. The number of rotatable bonds is 6. The van der Waals surface area contributed by atoms with E-state index in [0.717, 1.165) is 10.0 Å². The summed E-state index contributed by atoms with van der Waals surface area (Å²) >= 11 is 5.07. The summed E-state index contributed by atoms with van der Waals surface area (Å²) in [7, 11) is 0. The van der Waals surface area contributed by atoms with Crippen LogP contribution in [0.5, 0.6) is 0 Å². The third-order valence-corrected chi connectivity index (χ3v) is 4.65. The largest absolute Gasteiger partial charge is 0.368 e. The maximum atomic E-state index is 11.8. The molecule has 3 nitrogen and oxygen atoms in total. The quantitative estimate of drug-likeness (QED) is 0.839. The molecular formula is C15H17BrN2OS. The number of halogens is 1. The molecule has 1 aromatic carbocycles. The summed E-state index contributed by atoms with van der Waals surface area (Å²) in [5, 5.41) is 5.31. The van der Waals surface area contributed by atoms with Gasteiger partial charge >= 0.3 is 0 Å². The van der Waals surface area contributed by atoms with Gasteiger partial charge in [0, 0.05) is 15.9 Å². The Bertz CT molecular complexity index is 568. The van der Waals surface area contributed by atoms with E-state index in [-0.39, 0.29) is 5.91 Å². The van der Waals surface area contributed by atoms with Gasteiger partial charge < -0.3 is 5.73 Å². The second-order valence-electron chi connectivity index (χ2n) is 4.93. The summed E-state index contributed by atoms with van der Waals surface area (Å²) < 4.78 is 1.02. The van der Waals surface area contributed by atoms with Gasteiger partial charge in [0.15, 0.2) is 0 Å². The highest BCUT2D eigenvalue weighted by atomic mass is 79.9. The van der Waals surface area contributed by atoms with Gasteiger partial charge in [-0.05, 0) is 42.5 Å². The number of carbonyl (C=O) groups excluding carboxylic acids is 1. The summed E-state index contributed by atoms with van der Waals surface area (Å²) in [5.74, 6) is -0.336. The molecule has 1 heterocycles. The minimum atomic E-state index is -0.752. The van der Waals surface area contributed by atoms with Crippen LogP contribution < -0.4 is 11.1 Å². The molecule has 1 aromatic heterocycles. The van der Waals surface area contributed by atoms with E-state index in [2.05, 4.69) is 21.2 Å². The summed E-state index contributed by atoms with van der Waals surface area (Å²) in [5.41, 5.74) is 5.91. The molecular weight excluding hydrogens is 336 g/mol. The van der Waals surface area contributed by atoms with Crippen molar-refractivity contribution >= 4 is 33.2 Å². The molecule has 1 unspecified atom stereocenters. The molecule has 20 heavy (non-hydrogen) atoms. The maximum absolute atomic E-state index is 11.8. The standard InChI is InChI=1S/C15H17BrN2OS/c1-15(14(17)19,18-10-13-3-2-8-20-13)9-11-4-6-12(16)7-5-11/h2-8,18H,9-10H2,1H3,(H2,17,19). The minimum Gasteiger partial charge on any atom is -0.368 e. The molecule has 0 aliphatic rings. The number of hydrogen-bond acceptors (Lipinski definition) is 3. The predicted molar refractivity (Wildman–Crippen MR) is 86.6 cm³/mol. The molecule has 0 bridgehead atoms. The number of benzene rings is 1. The van der Waals surface area contributed by atoms with E-state index in [1.54, 1.807) is 11.3 Å². The fourth-order valence-corrected chi connectivity index (χ4v) is 2.85. The summed E-state index contributed by atoms with van der Waals surface area (Å²) in [4.78, 5) is 13.0. The smallest absolute Gasteiger partial charge is 0.237 e. The van der Waals surface area contributed by atoms with E-state index >= 15 is 0 Å². The SMILES string of the molecule is CC(Cc1ccc(Br)cc1)(NCc1cccs1)C(N)=O. The zero-order valence-corrected chi connectivity index (χ0v) is 13.6. The van der Waals surface area contributed by atoms with Crippen LogP contribution in [0.15, 0.2) is 46.3 Å². The van der Waals surface area contributed by atoms with Crippen LogP contribution in [0.25, 0.3) is 0 Å². The zero-order valence-electron chi connectivity index (χ0n) is 11.2. The van der Waals surface area contributed by atoms with E-state index < -0.39 is 5.54 Å². The number of nitrogens with one attached hydrogen (secondary N) is 1. The first-order valence-electron chi connectivity index (χ1n) is 6.31. The fraction of sp³-hybridized carbons (Fsp3) is 0.267. The number of amides is 1. The first-order valence-corrected chi connectivity index (χ1v) is 7.99. The van der Waals surface area contributed by atoms with Crippen LogP contribution >= 0.6 is 27.3 Å². The van der Waals surface area contributed by atoms with E-state index in [9.17, 15) is 4.79 Å². The molecule has 0 radical (unpaired) electrons. The zero-order chi connectivity index (χ0) is 14.6. The Morgan fingerprint density at radius 1 is 1.35 bits per heavy atom. The van der Waals surface area contributed by atoms with Crippen LogP contribution in [0, 0.1) is 0 Å². The van der Waals surface area contributed by atoms with E-state index in [4.69, 9.17) is 5.73 Å². The van der Waals surface area contributed by atoms with Gasteiger partial charge in [0.1, 0.15) is 0 Å². The van der Waals surface area contributed by atoms with Gasteiger partial charge in [-0.25, -0.2) is 0 Å². The molecule has 5 heteroatoms. The minimum absolute atomic E-state index is 0.336. The van der Waals surface area contributed by atoms with Crippen molar-refractivity contribution in [2.24, 2.45) is 5.73 Å². The molecule has 0 spiro atoms. The van der Waals surface area contributed by atoms with Crippen molar-refractivity contribution in [2.45, 2.75) is 25.4 Å². The Morgan fingerprint density at radius 3 is 2.60 bits per heavy atom. The third-order valence-electron chi connectivity index (χ3n) is 3.25. The number of primary amides is 1. The van der Waals surface area contributed by atoms with Gasteiger partial charge in [0.05, 0.1) is 5.54 Å². The number of thiophene rings is 1. The van der Waals surface area contributed by atoms with Gasteiger partial charge in [-0.15, -0.1) is 11.3 Å². The van der Waals surface area contributed by atoms with Crippen molar-refractivity contribution in [1.29, 1.82) is 0 Å². The van der Waals surface area contributed by atoms with E-state index in [1.807, 2.05) is 48.7 Å². The highest BCUT2D eigenvalue weighted by Gasteiger charge is 2.30. The Kier molecular flexibility index (Phi) is 4.96. The highest BCUT2D eigenvalue weighted by molar-refractivity contribution is 9.10. The second kappa shape index (κ2) is 6.52. The Balaban J connectivity index is 2.08. The fourth-order valence-electron chi connectivity index (χ4n) is 1.94. The third kappa shape index (κ3) is 3.91. The summed E-state index contributed by atoms with van der Waals surface area (Å²) in [6.45, 7) is 2.50. The lowest BCUT2D eigenvalue weighted by molar-refractivity contribution is -0.123. The molecule has 0 saturated carbocycles. The van der Waals surface area contributed by atoms with Crippen LogP contribution in [0.1, 0.15) is 17.4 Å². The number of carbonyl (C=O) groups is 1. The van der Waals surface area contributed by atoms with Crippen molar-refractivity contribution in [3.8, 4) is 0 Å². The van der Waals surface area contributed by atoms with Gasteiger partial charge in [0.2, 0.25) is 5.91 Å². The lowest BCUT2D eigenvalue weighted by Gasteiger charge is -2.27. The monoisotopic (exact) mass is 352 g/mol. The Hall–Kier alpha value is -1.17. The average Bonchev–Trinajstić information content (AvgIpc) is 2.92. The van der Waals surface area contributed by atoms with Crippen molar-refractivity contribution < 1.29 is 4.79 Å².